The summed E-state index contributed by atoms with van der Waals surface area (Å²) in [7, 11) is -9.90. The summed E-state index contributed by atoms with van der Waals surface area (Å²) in [5.41, 5.74) is 0. The van der Waals surface area contributed by atoms with Crippen LogP contribution in [0.5, 0.6) is 0 Å². The molecule has 0 aromatic rings. The highest BCUT2D eigenvalue weighted by molar-refractivity contribution is 7.47. The van der Waals surface area contributed by atoms with Crippen molar-refractivity contribution in [2.45, 2.75) is 356 Å². The average molecular weight is 1300 g/mol. The summed E-state index contributed by atoms with van der Waals surface area (Å²) in [6, 6.07) is 0. The fraction of sp³-hybridized carbons (Fsp3) is 0.942. The van der Waals surface area contributed by atoms with E-state index >= 15 is 0 Å². The number of hydrogen-bond acceptors (Lipinski definition) is 15. The van der Waals surface area contributed by atoms with Gasteiger partial charge in [0.2, 0.25) is 0 Å². The van der Waals surface area contributed by atoms with E-state index in [9.17, 15) is 43.2 Å². The Morgan fingerprint density at radius 3 is 0.807 bits per heavy atom. The Kier molecular flexibility index (Phi) is 57.6. The van der Waals surface area contributed by atoms with Crippen molar-refractivity contribution >= 4 is 39.5 Å². The standard InChI is InChI=1S/C69H134O17P2/c1-9-62(8)48-40-32-23-18-19-24-33-41-49-66(71)79-55-64(85-68(73)51-43-35-25-17-15-13-11-10-12-14-16-21-29-37-45-59(2)3)57-83-87(75,76)81-53-63(70)54-82-88(77,78)84-58-65(56-80-67(72)50-42-34-28-27-31-39-47-61(6)7)86-69(74)52-44-36-26-20-22-30-38-46-60(4)5/h59-65,70H,9-58H2,1-8H3,(H,75,76)(H,77,78)/t62?,63-,64-,65-/m1/s1. The highest BCUT2D eigenvalue weighted by atomic mass is 31.2. The zero-order valence-corrected chi connectivity index (χ0v) is 59.1. The molecule has 522 valence electrons. The van der Waals surface area contributed by atoms with E-state index in [1.807, 2.05) is 0 Å². The van der Waals surface area contributed by atoms with E-state index in [1.54, 1.807) is 0 Å². The molecule has 0 saturated heterocycles. The molecule has 0 rings (SSSR count). The lowest BCUT2D eigenvalue weighted by Gasteiger charge is -2.21. The van der Waals surface area contributed by atoms with Gasteiger partial charge in [0.25, 0.3) is 0 Å². The van der Waals surface area contributed by atoms with Gasteiger partial charge in [-0.2, -0.15) is 0 Å². The van der Waals surface area contributed by atoms with Gasteiger partial charge < -0.3 is 33.8 Å². The molecule has 0 aliphatic carbocycles. The third-order valence-electron chi connectivity index (χ3n) is 16.2. The molecule has 0 saturated carbocycles. The number of aliphatic hydroxyl groups excluding tert-OH is 1. The maximum atomic E-state index is 13.0. The summed E-state index contributed by atoms with van der Waals surface area (Å²) in [6.07, 6.45) is 40.5. The third-order valence-corrected chi connectivity index (χ3v) is 18.1. The largest absolute Gasteiger partial charge is 0.472 e. The van der Waals surface area contributed by atoms with Gasteiger partial charge in [-0.25, -0.2) is 9.13 Å². The lowest BCUT2D eigenvalue weighted by atomic mass is 9.99. The molecule has 6 atom stereocenters. The number of unbranched alkanes of at least 4 members (excludes halogenated alkanes) is 31. The van der Waals surface area contributed by atoms with Crippen LogP contribution in [0.4, 0.5) is 0 Å². The van der Waals surface area contributed by atoms with E-state index in [-0.39, 0.29) is 25.7 Å². The van der Waals surface area contributed by atoms with E-state index < -0.39 is 97.5 Å². The van der Waals surface area contributed by atoms with Gasteiger partial charge in [0.1, 0.15) is 19.3 Å². The minimum absolute atomic E-state index is 0.102. The Bertz CT molecular complexity index is 1750. The molecule has 88 heavy (non-hydrogen) atoms. The quantitative estimate of drug-likeness (QED) is 0.0222. The number of rotatable bonds is 66. The molecule has 0 radical (unpaired) electrons. The number of phosphoric acid groups is 2. The van der Waals surface area contributed by atoms with E-state index in [4.69, 9.17) is 37.0 Å². The van der Waals surface area contributed by atoms with Crippen LogP contribution in [0.25, 0.3) is 0 Å². The topological polar surface area (TPSA) is 237 Å². The zero-order chi connectivity index (χ0) is 65.4. The zero-order valence-electron chi connectivity index (χ0n) is 57.3. The molecule has 0 aromatic heterocycles. The molecular weight excluding hydrogens is 1160 g/mol. The van der Waals surface area contributed by atoms with E-state index in [1.165, 1.54) is 135 Å². The Morgan fingerprint density at radius 2 is 0.545 bits per heavy atom. The maximum Gasteiger partial charge on any atom is 0.472 e. The molecular formula is C69H134O17P2. The highest BCUT2D eigenvalue weighted by Crippen LogP contribution is 2.45. The van der Waals surface area contributed by atoms with Crippen molar-refractivity contribution in [3.05, 3.63) is 0 Å². The van der Waals surface area contributed by atoms with Crippen molar-refractivity contribution in [1.82, 2.24) is 0 Å². The minimum Gasteiger partial charge on any atom is -0.462 e. The summed E-state index contributed by atoms with van der Waals surface area (Å²) in [4.78, 5) is 72.4. The average Bonchev–Trinajstić information content (AvgIpc) is 3.70. The van der Waals surface area contributed by atoms with Gasteiger partial charge in [0.15, 0.2) is 12.2 Å². The predicted octanol–water partition coefficient (Wildman–Crippen LogP) is 19.3. The van der Waals surface area contributed by atoms with E-state index in [0.29, 0.717) is 37.5 Å². The molecule has 0 spiro atoms. The van der Waals surface area contributed by atoms with Crippen LogP contribution in [-0.2, 0) is 65.4 Å². The predicted molar refractivity (Wildman–Crippen MR) is 354 cm³/mol. The van der Waals surface area contributed by atoms with Gasteiger partial charge in [0.05, 0.1) is 26.4 Å². The first kappa shape index (κ1) is 86.1. The molecule has 0 fully saturated rings. The van der Waals surface area contributed by atoms with Crippen LogP contribution >= 0.6 is 15.6 Å². The maximum absolute atomic E-state index is 13.0. The van der Waals surface area contributed by atoms with Crippen LogP contribution < -0.4 is 0 Å². The summed E-state index contributed by atoms with van der Waals surface area (Å²) in [5.74, 6) is 0.813. The molecule has 3 N–H and O–H groups in total. The number of aliphatic hydroxyl groups is 1. The summed E-state index contributed by atoms with van der Waals surface area (Å²) in [6.45, 7) is 14.0. The monoisotopic (exact) mass is 1300 g/mol. The normalized spacial score (nSPS) is 14.6. The second-order valence-electron chi connectivity index (χ2n) is 26.6. The fourth-order valence-corrected chi connectivity index (χ4v) is 11.9. The van der Waals surface area contributed by atoms with E-state index in [0.717, 1.165) is 108 Å². The van der Waals surface area contributed by atoms with Gasteiger partial charge in [-0.1, -0.05) is 287 Å². The second kappa shape index (κ2) is 58.8. The number of esters is 4. The van der Waals surface area contributed by atoms with Crippen molar-refractivity contribution in [2.75, 3.05) is 39.6 Å². The van der Waals surface area contributed by atoms with Gasteiger partial charge in [0, 0.05) is 25.7 Å². The first-order valence-corrected chi connectivity index (χ1v) is 38.7. The van der Waals surface area contributed by atoms with Crippen LogP contribution in [0.1, 0.15) is 338 Å². The number of phosphoric ester groups is 2. The molecule has 0 bridgehead atoms. The fourth-order valence-electron chi connectivity index (χ4n) is 10.3. The molecule has 0 aliphatic rings. The number of carbonyl (C=O) groups is 4. The van der Waals surface area contributed by atoms with Crippen molar-refractivity contribution in [1.29, 1.82) is 0 Å². The minimum atomic E-state index is -4.95. The lowest BCUT2D eigenvalue weighted by Crippen LogP contribution is -2.30. The molecule has 3 unspecified atom stereocenters. The molecule has 17 nitrogen and oxygen atoms in total. The highest BCUT2D eigenvalue weighted by Gasteiger charge is 2.30. The van der Waals surface area contributed by atoms with Crippen LogP contribution in [0, 0.1) is 23.7 Å². The Morgan fingerprint density at radius 1 is 0.318 bits per heavy atom. The van der Waals surface area contributed by atoms with Crippen LogP contribution in [0.15, 0.2) is 0 Å². The first-order chi connectivity index (χ1) is 42.1. The Labute approximate surface area is 537 Å². The third kappa shape index (κ3) is 61.6. The lowest BCUT2D eigenvalue weighted by molar-refractivity contribution is -0.161. The van der Waals surface area contributed by atoms with Gasteiger partial charge in [-0.05, 0) is 49.4 Å². The summed E-state index contributed by atoms with van der Waals surface area (Å²) in [5, 5.41) is 10.6. The SMILES string of the molecule is CCC(C)CCCCCCCCCCC(=O)OC[C@H](COP(=O)(O)OC[C@@H](O)COP(=O)(O)OC[C@@H](COC(=O)CCCCCCCCC(C)C)OC(=O)CCCCCCCCCC(C)C)OC(=O)CCCCCCCCCCCCCCCCC(C)C. The van der Waals surface area contributed by atoms with Crippen LogP contribution in [0.2, 0.25) is 0 Å². The van der Waals surface area contributed by atoms with Crippen molar-refractivity contribution in [2.24, 2.45) is 23.7 Å². The summed E-state index contributed by atoms with van der Waals surface area (Å²) >= 11 is 0. The number of carbonyl (C=O) groups excluding carboxylic acids is 4. The number of hydrogen-bond donors (Lipinski definition) is 3. The van der Waals surface area contributed by atoms with E-state index in [2.05, 4.69) is 55.4 Å². The molecule has 0 heterocycles. The summed E-state index contributed by atoms with van der Waals surface area (Å²) < 4.78 is 68.2. The molecule has 0 aromatic carbocycles. The Hall–Kier alpha value is -1.94. The van der Waals surface area contributed by atoms with Gasteiger partial charge in [-0.15, -0.1) is 0 Å². The van der Waals surface area contributed by atoms with Gasteiger partial charge >= 0.3 is 39.5 Å². The number of ether oxygens (including phenoxy) is 4. The van der Waals surface area contributed by atoms with Crippen LogP contribution in [0.3, 0.4) is 0 Å². The Balaban J connectivity index is 5.23. The molecule has 0 aliphatic heterocycles. The van der Waals surface area contributed by atoms with Crippen molar-refractivity contribution < 1.29 is 80.2 Å². The first-order valence-electron chi connectivity index (χ1n) is 35.7. The second-order valence-corrected chi connectivity index (χ2v) is 29.5. The smallest absolute Gasteiger partial charge is 0.462 e. The van der Waals surface area contributed by atoms with Crippen LogP contribution in [-0.4, -0.2) is 96.7 Å². The molecule has 0 amide bonds. The van der Waals surface area contributed by atoms with Crippen molar-refractivity contribution in [3.8, 4) is 0 Å². The molecule has 19 heteroatoms. The van der Waals surface area contributed by atoms with Gasteiger partial charge in [-0.3, -0.25) is 37.3 Å². The van der Waals surface area contributed by atoms with Crippen molar-refractivity contribution in [3.63, 3.8) is 0 Å².